The van der Waals surface area contributed by atoms with Gasteiger partial charge in [-0.15, -0.1) is 0 Å². The highest BCUT2D eigenvalue weighted by Crippen LogP contribution is 2.13. The predicted molar refractivity (Wildman–Crippen MR) is 78.6 cm³/mol. The number of carbonyl (C=O) groups is 1. The third kappa shape index (κ3) is 3.66. The lowest BCUT2D eigenvalue weighted by Gasteiger charge is -2.08. The van der Waals surface area contributed by atoms with Gasteiger partial charge in [0.05, 0.1) is 6.21 Å². The Morgan fingerprint density at radius 2 is 1.80 bits per heavy atom. The molecule has 0 bridgehead atoms. The van der Waals surface area contributed by atoms with Crippen LogP contribution in [0.3, 0.4) is 0 Å². The second kappa shape index (κ2) is 6.84. The summed E-state index contributed by atoms with van der Waals surface area (Å²) in [5.74, 6) is -0.598. The summed E-state index contributed by atoms with van der Waals surface area (Å²) >= 11 is 5.94. The molecule has 0 aromatic heterocycles. The number of aliphatic hydroxyl groups excluding tert-OH is 1. The van der Waals surface area contributed by atoms with E-state index in [-0.39, 0.29) is 0 Å². The maximum atomic E-state index is 11.7. The van der Waals surface area contributed by atoms with E-state index in [4.69, 9.17) is 11.6 Å². The molecule has 4 nitrogen and oxygen atoms in total. The Kier molecular flexibility index (Phi) is 4.87. The van der Waals surface area contributed by atoms with Crippen LogP contribution in [0.2, 0.25) is 5.02 Å². The molecule has 0 aliphatic heterocycles. The van der Waals surface area contributed by atoms with Crippen LogP contribution in [-0.2, 0) is 4.79 Å². The molecule has 2 aromatic carbocycles. The van der Waals surface area contributed by atoms with Gasteiger partial charge < -0.3 is 5.11 Å². The van der Waals surface area contributed by atoms with Crippen molar-refractivity contribution in [2.75, 3.05) is 0 Å². The Balaban J connectivity index is 1.97. The predicted octanol–water partition coefficient (Wildman–Crippen LogP) is 2.52. The number of rotatable bonds is 4. The van der Waals surface area contributed by atoms with E-state index in [0.29, 0.717) is 16.1 Å². The van der Waals surface area contributed by atoms with Gasteiger partial charge in [0.2, 0.25) is 0 Å². The van der Waals surface area contributed by atoms with Gasteiger partial charge in [-0.2, -0.15) is 5.10 Å². The second-order valence-electron chi connectivity index (χ2n) is 4.07. The van der Waals surface area contributed by atoms with Crippen molar-refractivity contribution in [3.63, 3.8) is 0 Å². The monoisotopic (exact) mass is 288 g/mol. The van der Waals surface area contributed by atoms with Crippen LogP contribution in [0.25, 0.3) is 0 Å². The van der Waals surface area contributed by atoms with Gasteiger partial charge in [0.15, 0.2) is 6.10 Å². The summed E-state index contributed by atoms with van der Waals surface area (Å²) in [5, 5.41) is 14.1. The third-order valence-electron chi connectivity index (χ3n) is 2.65. The van der Waals surface area contributed by atoms with Crippen LogP contribution < -0.4 is 5.43 Å². The molecule has 0 aliphatic carbocycles. The molecule has 1 atom stereocenters. The zero-order valence-corrected chi connectivity index (χ0v) is 11.3. The summed E-state index contributed by atoms with van der Waals surface area (Å²) in [6.45, 7) is 0. The number of hydrazone groups is 1. The summed E-state index contributed by atoms with van der Waals surface area (Å²) in [5.41, 5.74) is 3.47. The molecule has 0 radical (unpaired) electrons. The Morgan fingerprint density at radius 1 is 1.15 bits per heavy atom. The van der Waals surface area contributed by atoms with Crippen molar-refractivity contribution in [2.24, 2.45) is 5.10 Å². The molecule has 0 spiro atoms. The van der Waals surface area contributed by atoms with Crippen molar-refractivity contribution in [1.82, 2.24) is 5.43 Å². The van der Waals surface area contributed by atoms with Crippen LogP contribution in [0.5, 0.6) is 0 Å². The molecule has 0 aliphatic rings. The fraction of sp³-hybridized carbons (Fsp3) is 0.0667. The average Bonchev–Trinajstić information content (AvgIpc) is 2.49. The number of carbonyl (C=O) groups excluding carboxylic acids is 1. The molecule has 0 unspecified atom stereocenters. The fourth-order valence-corrected chi connectivity index (χ4v) is 1.78. The smallest absolute Gasteiger partial charge is 0.273 e. The van der Waals surface area contributed by atoms with Crippen LogP contribution in [0.4, 0.5) is 0 Å². The van der Waals surface area contributed by atoms with Crippen LogP contribution in [-0.4, -0.2) is 17.2 Å². The number of hydrogen-bond acceptors (Lipinski definition) is 3. The lowest BCUT2D eigenvalue weighted by Crippen LogP contribution is -2.25. The van der Waals surface area contributed by atoms with Crippen molar-refractivity contribution in [3.05, 3.63) is 70.7 Å². The van der Waals surface area contributed by atoms with Gasteiger partial charge in [-0.25, -0.2) is 5.43 Å². The molecular weight excluding hydrogens is 276 g/mol. The molecular formula is C15H13ClN2O2. The van der Waals surface area contributed by atoms with E-state index in [2.05, 4.69) is 10.5 Å². The number of aliphatic hydroxyl groups is 1. The summed E-state index contributed by atoms with van der Waals surface area (Å²) in [7, 11) is 0. The number of halogens is 1. The minimum absolute atomic E-state index is 0.512. The van der Waals surface area contributed by atoms with Gasteiger partial charge >= 0.3 is 0 Å². The van der Waals surface area contributed by atoms with Gasteiger partial charge in [0.25, 0.3) is 5.91 Å². The molecule has 0 saturated carbocycles. The molecule has 0 fully saturated rings. The highest BCUT2D eigenvalue weighted by Gasteiger charge is 2.15. The Bertz CT molecular complexity index is 614. The van der Waals surface area contributed by atoms with Crippen LogP contribution in [0, 0.1) is 0 Å². The van der Waals surface area contributed by atoms with Gasteiger partial charge in [-0.3, -0.25) is 4.79 Å². The Hall–Kier alpha value is -2.17. The zero-order valence-electron chi connectivity index (χ0n) is 10.5. The molecule has 0 heterocycles. The highest BCUT2D eigenvalue weighted by atomic mass is 35.5. The van der Waals surface area contributed by atoms with Crippen LogP contribution in [0.1, 0.15) is 17.2 Å². The maximum Gasteiger partial charge on any atom is 0.273 e. The van der Waals surface area contributed by atoms with Crippen molar-refractivity contribution in [2.45, 2.75) is 6.10 Å². The Labute approximate surface area is 121 Å². The lowest BCUT2D eigenvalue weighted by atomic mass is 10.1. The number of nitrogens with zero attached hydrogens (tertiary/aromatic N) is 1. The van der Waals surface area contributed by atoms with Crippen molar-refractivity contribution in [3.8, 4) is 0 Å². The van der Waals surface area contributed by atoms with Crippen LogP contribution in [0.15, 0.2) is 59.7 Å². The van der Waals surface area contributed by atoms with Gasteiger partial charge in [-0.05, 0) is 11.6 Å². The second-order valence-corrected chi connectivity index (χ2v) is 4.48. The number of amides is 1. The highest BCUT2D eigenvalue weighted by molar-refractivity contribution is 6.33. The van der Waals surface area contributed by atoms with Crippen LogP contribution >= 0.6 is 11.6 Å². The average molecular weight is 289 g/mol. The van der Waals surface area contributed by atoms with E-state index in [0.717, 1.165) is 0 Å². The molecule has 102 valence electrons. The van der Waals surface area contributed by atoms with Gasteiger partial charge in [0, 0.05) is 10.6 Å². The molecule has 2 rings (SSSR count). The SMILES string of the molecule is O=C(N/N=C\c1ccccc1Cl)[C@@H](O)c1ccccc1. The first kappa shape index (κ1) is 14.2. The number of benzene rings is 2. The summed E-state index contributed by atoms with van der Waals surface area (Å²) in [6.07, 6.45) is 0.178. The summed E-state index contributed by atoms with van der Waals surface area (Å²) in [4.78, 5) is 11.7. The first-order chi connectivity index (χ1) is 9.68. The third-order valence-corrected chi connectivity index (χ3v) is 2.99. The first-order valence-corrected chi connectivity index (χ1v) is 6.37. The summed E-state index contributed by atoms with van der Waals surface area (Å²) in [6, 6.07) is 15.8. The van der Waals surface area contributed by atoms with Crippen molar-refractivity contribution >= 4 is 23.7 Å². The maximum absolute atomic E-state index is 11.7. The quantitative estimate of drug-likeness (QED) is 0.671. The molecule has 20 heavy (non-hydrogen) atoms. The van der Waals surface area contributed by atoms with E-state index in [1.54, 1.807) is 42.5 Å². The molecule has 0 saturated heterocycles. The van der Waals surface area contributed by atoms with Crippen molar-refractivity contribution in [1.29, 1.82) is 0 Å². The van der Waals surface area contributed by atoms with E-state index in [1.807, 2.05) is 12.1 Å². The fourth-order valence-electron chi connectivity index (χ4n) is 1.59. The topological polar surface area (TPSA) is 61.7 Å². The minimum Gasteiger partial charge on any atom is -0.378 e. The number of hydrogen-bond donors (Lipinski definition) is 2. The summed E-state index contributed by atoms with van der Waals surface area (Å²) < 4.78 is 0. The molecule has 2 N–H and O–H groups in total. The van der Waals surface area contributed by atoms with Gasteiger partial charge in [-0.1, -0.05) is 60.1 Å². The van der Waals surface area contributed by atoms with E-state index in [1.165, 1.54) is 6.21 Å². The molecule has 5 heteroatoms. The standard InChI is InChI=1S/C15H13ClN2O2/c16-13-9-5-4-8-12(13)10-17-18-15(20)14(19)11-6-2-1-3-7-11/h1-10,14,19H,(H,18,20)/b17-10-/t14-/m0/s1. The molecule has 2 aromatic rings. The molecule has 1 amide bonds. The Morgan fingerprint density at radius 3 is 2.50 bits per heavy atom. The van der Waals surface area contributed by atoms with E-state index in [9.17, 15) is 9.90 Å². The minimum atomic E-state index is -1.25. The van der Waals surface area contributed by atoms with E-state index < -0.39 is 12.0 Å². The first-order valence-electron chi connectivity index (χ1n) is 5.99. The number of nitrogens with one attached hydrogen (secondary N) is 1. The van der Waals surface area contributed by atoms with Crippen molar-refractivity contribution < 1.29 is 9.90 Å². The largest absolute Gasteiger partial charge is 0.378 e. The zero-order chi connectivity index (χ0) is 14.4. The normalized spacial score (nSPS) is 12.3. The lowest BCUT2D eigenvalue weighted by molar-refractivity contribution is -0.129. The van der Waals surface area contributed by atoms with E-state index >= 15 is 0 Å². The van der Waals surface area contributed by atoms with Gasteiger partial charge in [0.1, 0.15) is 0 Å².